The molecule has 0 amide bonds. The molecule has 0 spiro atoms. The van der Waals surface area contributed by atoms with E-state index in [4.69, 9.17) is 0 Å². The van der Waals surface area contributed by atoms with Crippen LogP contribution in [0.1, 0.15) is 20.3 Å². The molecule has 1 aliphatic rings. The van der Waals surface area contributed by atoms with E-state index >= 15 is 0 Å². The van der Waals surface area contributed by atoms with Gasteiger partial charge in [0.2, 0.25) is 0 Å². The van der Waals surface area contributed by atoms with Crippen LogP contribution in [0.4, 0.5) is 8.78 Å². The molecule has 0 aliphatic carbocycles. The Kier molecular flexibility index (Phi) is 2.82. The molecule has 0 saturated carbocycles. The zero-order valence-electron chi connectivity index (χ0n) is 7.06. The fourth-order valence-corrected chi connectivity index (χ4v) is 1.37. The first-order valence-electron chi connectivity index (χ1n) is 4.13. The lowest BCUT2D eigenvalue weighted by Crippen LogP contribution is -2.45. The van der Waals surface area contributed by atoms with E-state index in [2.05, 4.69) is 0 Å². The first-order chi connectivity index (χ1) is 5.11. The van der Waals surface area contributed by atoms with Gasteiger partial charge in [0.05, 0.1) is 0 Å². The van der Waals surface area contributed by atoms with Crippen molar-refractivity contribution in [3.63, 3.8) is 0 Å². The quantitative estimate of drug-likeness (QED) is 0.569. The van der Waals surface area contributed by atoms with Gasteiger partial charge >= 0.3 is 0 Å². The van der Waals surface area contributed by atoms with Crippen molar-refractivity contribution in [1.82, 2.24) is 4.90 Å². The fourth-order valence-electron chi connectivity index (χ4n) is 1.37. The van der Waals surface area contributed by atoms with Crippen LogP contribution in [0.5, 0.6) is 0 Å². The molecule has 1 heterocycles. The van der Waals surface area contributed by atoms with Gasteiger partial charge in [-0.25, -0.2) is 8.78 Å². The minimum Gasteiger partial charge on any atom is -0.298 e. The lowest BCUT2D eigenvalue weighted by Gasteiger charge is -2.33. The molecular formula is C8H15F2N. The number of rotatable bonds is 1. The highest BCUT2D eigenvalue weighted by Crippen LogP contribution is 2.18. The highest BCUT2D eigenvalue weighted by atomic mass is 19.2. The van der Waals surface area contributed by atoms with Gasteiger partial charge in [0, 0.05) is 19.1 Å². The summed E-state index contributed by atoms with van der Waals surface area (Å²) in [5.41, 5.74) is 0. The monoisotopic (exact) mass is 163 g/mol. The molecule has 0 aromatic carbocycles. The van der Waals surface area contributed by atoms with E-state index in [-0.39, 0.29) is 6.54 Å². The zero-order valence-corrected chi connectivity index (χ0v) is 7.06. The molecule has 0 N–H and O–H groups in total. The molecule has 0 bridgehead atoms. The van der Waals surface area contributed by atoms with Crippen molar-refractivity contribution >= 4 is 0 Å². The van der Waals surface area contributed by atoms with Crippen molar-refractivity contribution in [3.05, 3.63) is 0 Å². The SMILES string of the molecule is CC(C)N1CCC(F)C(F)C1. The van der Waals surface area contributed by atoms with E-state index in [0.717, 1.165) is 0 Å². The van der Waals surface area contributed by atoms with E-state index in [1.54, 1.807) is 0 Å². The first kappa shape index (κ1) is 8.91. The standard InChI is InChI=1S/C8H15F2N/c1-6(2)11-4-3-7(9)8(10)5-11/h6-8H,3-5H2,1-2H3. The molecule has 1 nitrogen and oxygen atoms in total. The molecule has 2 unspecified atom stereocenters. The van der Waals surface area contributed by atoms with Crippen molar-refractivity contribution in [2.45, 2.75) is 38.7 Å². The number of alkyl halides is 2. The van der Waals surface area contributed by atoms with Gasteiger partial charge in [-0.15, -0.1) is 0 Å². The van der Waals surface area contributed by atoms with Gasteiger partial charge < -0.3 is 0 Å². The first-order valence-corrected chi connectivity index (χ1v) is 4.13. The third-order valence-electron chi connectivity index (χ3n) is 2.22. The van der Waals surface area contributed by atoms with Crippen molar-refractivity contribution in [2.24, 2.45) is 0 Å². The zero-order chi connectivity index (χ0) is 8.43. The Hall–Kier alpha value is -0.180. The van der Waals surface area contributed by atoms with Crippen LogP contribution < -0.4 is 0 Å². The van der Waals surface area contributed by atoms with Gasteiger partial charge in [0.1, 0.15) is 12.3 Å². The summed E-state index contributed by atoms with van der Waals surface area (Å²) in [6.45, 7) is 4.97. The Morgan fingerprint density at radius 1 is 1.27 bits per heavy atom. The smallest absolute Gasteiger partial charge is 0.144 e. The number of halogens is 2. The second-order valence-electron chi connectivity index (χ2n) is 3.41. The number of hydrogen-bond donors (Lipinski definition) is 0. The summed E-state index contributed by atoms with van der Waals surface area (Å²) in [6.07, 6.45) is -2.16. The highest BCUT2D eigenvalue weighted by molar-refractivity contribution is 4.81. The molecule has 2 atom stereocenters. The van der Waals surface area contributed by atoms with Crippen LogP contribution >= 0.6 is 0 Å². The maximum atomic E-state index is 12.8. The molecule has 0 aromatic heterocycles. The summed E-state index contributed by atoms with van der Waals surface area (Å²) in [6, 6.07) is 0.334. The van der Waals surface area contributed by atoms with Crippen molar-refractivity contribution < 1.29 is 8.78 Å². The summed E-state index contributed by atoms with van der Waals surface area (Å²) < 4.78 is 25.4. The van der Waals surface area contributed by atoms with Crippen molar-refractivity contribution in [2.75, 3.05) is 13.1 Å². The van der Waals surface area contributed by atoms with Gasteiger partial charge in [-0.2, -0.15) is 0 Å². The van der Waals surface area contributed by atoms with Crippen LogP contribution in [0.25, 0.3) is 0 Å². The average molecular weight is 163 g/mol. The topological polar surface area (TPSA) is 3.24 Å². The van der Waals surface area contributed by atoms with Crippen LogP contribution in [0.3, 0.4) is 0 Å². The molecule has 1 fully saturated rings. The Labute approximate surface area is 66.4 Å². The van der Waals surface area contributed by atoms with Gasteiger partial charge in [0.15, 0.2) is 0 Å². The number of likely N-dealkylation sites (tertiary alicyclic amines) is 1. The maximum absolute atomic E-state index is 12.8. The van der Waals surface area contributed by atoms with Crippen LogP contribution in [0, 0.1) is 0 Å². The van der Waals surface area contributed by atoms with E-state index in [9.17, 15) is 8.78 Å². The van der Waals surface area contributed by atoms with Crippen molar-refractivity contribution in [1.29, 1.82) is 0 Å². The Bertz CT molecular complexity index is 127. The molecule has 66 valence electrons. The molecular weight excluding hydrogens is 148 g/mol. The van der Waals surface area contributed by atoms with Gasteiger partial charge in [-0.05, 0) is 20.3 Å². The van der Waals surface area contributed by atoms with E-state index in [1.165, 1.54) is 0 Å². The van der Waals surface area contributed by atoms with Crippen LogP contribution in [0.2, 0.25) is 0 Å². The molecule has 0 aromatic rings. The molecule has 3 heteroatoms. The summed E-state index contributed by atoms with van der Waals surface area (Å²) >= 11 is 0. The fraction of sp³-hybridized carbons (Fsp3) is 1.00. The Balaban J connectivity index is 2.40. The highest BCUT2D eigenvalue weighted by Gasteiger charge is 2.29. The maximum Gasteiger partial charge on any atom is 0.144 e. The van der Waals surface area contributed by atoms with Crippen LogP contribution in [0.15, 0.2) is 0 Å². The molecule has 1 saturated heterocycles. The Morgan fingerprint density at radius 3 is 2.36 bits per heavy atom. The third kappa shape index (κ3) is 2.12. The second kappa shape index (κ2) is 3.48. The Morgan fingerprint density at radius 2 is 1.91 bits per heavy atom. The third-order valence-corrected chi connectivity index (χ3v) is 2.22. The summed E-state index contributed by atoms with van der Waals surface area (Å²) in [7, 11) is 0. The molecule has 11 heavy (non-hydrogen) atoms. The van der Waals surface area contributed by atoms with Crippen LogP contribution in [-0.2, 0) is 0 Å². The van der Waals surface area contributed by atoms with E-state index < -0.39 is 12.3 Å². The lowest BCUT2D eigenvalue weighted by atomic mass is 10.1. The number of nitrogens with zero attached hydrogens (tertiary/aromatic N) is 1. The summed E-state index contributed by atoms with van der Waals surface area (Å²) in [5.74, 6) is 0. The predicted octanol–water partition coefficient (Wildman–Crippen LogP) is 1.78. The van der Waals surface area contributed by atoms with Crippen LogP contribution in [-0.4, -0.2) is 36.4 Å². The predicted molar refractivity (Wildman–Crippen MR) is 41.1 cm³/mol. The van der Waals surface area contributed by atoms with E-state index in [0.29, 0.717) is 19.0 Å². The molecule has 1 aliphatic heterocycles. The van der Waals surface area contributed by atoms with Crippen molar-refractivity contribution in [3.8, 4) is 0 Å². The number of piperidine rings is 1. The minimum atomic E-state index is -1.27. The van der Waals surface area contributed by atoms with E-state index in [1.807, 2.05) is 18.7 Å². The van der Waals surface area contributed by atoms with Gasteiger partial charge in [-0.1, -0.05) is 0 Å². The minimum absolute atomic E-state index is 0.263. The molecule has 1 rings (SSSR count). The summed E-state index contributed by atoms with van der Waals surface area (Å²) in [4.78, 5) is 1.97. The second-order valence-corrected chi connectivity index (χ2v) is 3.41. The average Bonchev–Trinajstić information content (AvgIpc) is 1.94. The normalized spacial score (nSPS) is 34.6. The number of hydrogen-bond acceptors (Lipinski definition) is 1. The molecule has 0 radical (unpaired) electrons. The largest absolute Gasteiger partial charge is 0.298 e. The lowest BCUT2D eigenvalue weighted by molar-refractivity contribution is 0.0441. The van der Waals surface area contributed by atoms with Gasteiger partial charge in [-0.3, -0.25) is 4.90 Å². The summed E-state index contributed by atoms with van der Waals surface area (Å²) in [5, 5.41) is 0. The van der Waals surface area contributed by atoms with Gasteiger partial charge in [0.25, 0.3) is 0 Å².